The predicted octanol–water partition coefficient (Wildman–Crippen LogP) is 5.70. The Morgan fingerprint density at radius 1 is 1.08 bits per heavy atom. The molecule has 0 saturated heterocycles. The fourth-order valence-electron chi connectivity index (χ4n) is 4.00. The van der Waals surface area contributed by atoms with Crippen molar-refractivity contribution in [3.05, 3.63) is 77.3 Å². The van der Waals surface area contributed by atoms with Crippen LogP contribution in [0, 0.1) is 0 Å². The van der Waals surface area contributed by atoms with Crippen LogP contribution >= 0.6 is 23.2 Å². The van der Waals surface area contributed by atoms with Gasteiger partial charge >= 0.3 is 0 Å². The minimum atomic E-state index is -0.116. The standard InChI is InChI=1S/C26H20Cl2N6O3/c1-4-16(35)10-14-6-5-7-29-23(14)32-26-31-13-15-11-17(25-30-8-9-34(25)24(15)33-26)20-21(27)18(36-2)12-19(37-3)22(20)28/h4-9,11-13H,1,10H2,2-3H3,(H,29,31,32,33). The first-order valence-corrected chi connectivity index (χ1v) is 11.8. The van der Waals surface area contributed by atoms with Gasteiger partial charge in [0.1, 0.15) is 23.0 Å². The number of imidazole rings is 1. The van der Waals surface area contributed by atoms with Crippen LogP contribution in [0.25, 0.3) is 27.8 Å². The van der Waals surface area contributed by atoms with Crippen LogP contribution in [0.4, 0.5) is 11.8 Å². The third kappa shape index (κ3) is 4.43. The van der Waals surface area contributed by atoms with E-state index in [1.54, 1.807) is 36.9 Å². The molecule has 0 spiro atoms. The summed E-state index contributed by atoms with van der Waals surface area (Å²) in [7, 11) is 3.04. The van der Waals surface area contributed by atoms with E-state index in [2.05, 4.69) is 26.8 Å². The monoisotopic (exact) mass is 534 g/mol. The quantitative estimate of drug-likeness (QED) is 0.252. The highest BCUT2D eigenvalue weighted by atomic mass is 35.5. The van der Waals surface area contributed by atoms with Gasteiger partial charge in [0.2, 0.25) is 5.95 Å². The number of ether oxygens (including phenoxy) is 2. The van der Waals surface area contributed by atoms with E-state index in [0.717, 1.165) is 0 Å². The number of rotatable bonds is 8. The number of allylic oxidation sites excluding steroid dienone is 1. The van der Waals surface area contributed by atoms with Crippen molar-refractivity contribution in [1.82, 2.24) is 24.3 Å². The average molecular weight is 535 g/mol. The van der Waals surface area contributed by atoms with E-state index in [1.807, 2.05) is 16.5 Å². The summed E-state index contributed by atoms with van der Waals surface area (Å²) in [5.74, 6) is 1.51. The normalized spacial score (nSPS) is 11.0. The number of hydrogen-bond donors (Lipinski definition) is 1. The van der Waals surface area contributed by atoms with Crippen LogP contribution < -0.4 is 14.8 Å². The van der Waals surface area contributed by atoms with Gasteiger partial charge in [-0.3, -0.25) is 9.20 Å². The lowest BCUT2D eigenvalue weighted by Crippen LogP contribution is -2.06. The third-order valence-corrected chi connectivity index (χ3v) is 6.51. The maximum absolute atomic E-state index is 11.9. The number of nitrogens with one attached hydrogen (secondary N) is 1. The number of aromatic nitrogens is 5. The van der Waals surface area contributed by atoms with Gasteiger partial charge in [-0.1, -0.05) is 35.8 Å². The molecule has 0 bridgehead atoms. The predicted molar refractivity (Wildman–Crippen MR) is 143 cm³/mol. The van der Waals surface area contributed by atoms with Crippen LogP contribution in [-0.4, -0.2) is 44.3 Å². The highest BCUT2D eigenvalue weighted by Gasteiger charge is 2.22. The first kappa shape index (κ1) is 24.5. The van der Waals surface area contributed by atoms with Crippen LogP contribution in [0.15, 0.2) is 61.7 Å². The Kier molecular flexibility index (Phi) is 6.64. The third-order valence-electron chi connectivity index (χ3n) is 5.76. The number of nitrogens with zero attached hydrogens (tertiary/aromatic N) is 5. The molecule has 0 radical (unpaired) electrons. The molecule has 0 aliphatic rings. The number of benzene rings is 1. The minimum Gasteiger partial charge on any atom is -0.495 e. The van der Waals surface area contributed by atoms with Gasteiger partial charge in [-0.05, 0) is 18.2 Å². The molecule has 11 heteroatoms. The second-order valence-electron chi connectivity index (χ2n) is 7.92. The van der Waals surface area contributed by atoms with Crippen LogP contribution in [0.3, 0.4) is 0 Å². The number of carbonyl (C=O) groups excluding carboxylic acids is 1. The molecule has 1 N–H and O–H groups in total. The van der Waals surface area contributed by atoms with Crippen LogP contribution in [-0.2, 0) is 11.2 Å². The van der Waals surface area contributed by atoms with E-state index in [1.165, 1.54) is 20.3 Å². The van der Waals surface area contributed by atoms with E-state index in [0.29, 0.717) is 66.7 Å². The van der Waals surface area contributed by atoms with Gasteiger partial charge in [0, 0.05) is 59.4 Å². The Balaban J connectivity index is 1.64. The molecule has 0 amide bonds. The van der Waals surface area contributed by atoms with E-state index in [4.69, 9.17) is 37.7 Å². The maximum Gasteiger partial charge on any atom is 0.230 e. The average Bonchev–Trinajstić information content (AvgIpc) is 3.41. The largest absolute Gasteiger partial charge is 0.495 e. The number of hydrogen-bond acceptors (Lipinski definition) is 8. The smallest absolute Gasteiger partial charge is 0.230 e. The lowest BCUT2D eigenvalue weighted by atomic mass is 10.0. The second kappa shape index (κ2) is 10.0. The van der Waals surface area contributed by atoms with Crippen molar-refractivity contribution in [2.45, 2.75) is 6.42 Å². The summed E-state index contributed by atoms with van der Waals surface area (Å²) in [6.45, 7) is 3.53. The summed E-state index contributed by atoms with van der Waals surface area (Å²) in [6, 6.07) is 7.07. The highest BCUT2D eigenvalue weighted by molar-refractivity contribution is 6.41. The summed E-state index contributed by atoms with van der Waals surface area (Å²) in [5.41, 5.74) is 3.05. The van der Waals surface area contributed by atoms with Gasteiger partial charge in [-0.25, -0.2) is 15.0 Å². The first-order chi connectivity index (χ1) is 17.9. The number of pyridine rings is 2. The molecule has 4 heterocycles. The summed E-state index contributed by atoms with van der Waals surface area (Å²) in [4.78, 5) is 30.0. The van der Waals surface area contributed by atoms with Gasteiger partial charge in [-0.15, -0.1) is 0 Å². The van der Waals surface area contributed by atoms with Crippen molar-refractivity contribution in [2.75, 3.05) is 19.5 Å². The molecule has 4 aromatic heterocycles. The molecule has 0 unspecified atom stereocenters. The molecular weight excluding hydrogens is 515 g/mol. The molecule has 0 aliphatic heterocycles. The molecule has 186 valence electrons. The highest BCUT2D eigenvalue weighted by Crippen LogP contribution is 2.47. The Morgan fingerprint density at radius 3 is 2.54 bits per heavy atom. The second-order valence-corrected chi connectivity index (χ2v) is 8.67. The fourth-order valence-corrected chi connectivity index (χ4v) is 4.70. The zero-order chi connectivity index (χ0) is 26.1. The first-order valence-electron chi connectivity index (χ1n) is 11.0. The van der Waals surface area contributed by atoms with E-state index < -0.39 is 0 Å². The lowest BCUT2D eigenvalue weighted by Gasteiger charge is -2.16. The lowest BCUT2D eigenvalue weighted by molar-refractivity contribution is -0.114. The zero-order valence-electron chi connectivity index (χ0n) is 19.8. The van der Waals surface area contributed by atoms with Crippen molar-refractivity contribution in [3.8, 4) is 22.6 Å². The summed E-state index contributed by atoms with van der Waals surface area (Å²) < 4.78 is 12.7. The Morgan fingerprint density at radius 2 is 1.84 bits per heavy atom. The molecular formula is C26H20Cl2N6O3. The van der Waals surface area contributed by atoms with Gasteiger partial charge in [0.05, 0.1) is 24.3 Å². The fraction of sp³-hybridized carbons (Fsp3) is 0.115. The number of anilines is 2. The topological polar surface area (TPSA) is 104 Å². The summed E-state index contributed by atoms with van der Waals surface area (Å²) >= 11 is 13.4. The zero-order valence-corrected chi connectivity index (χ0v) is 21.3. The molecule has 0 aliphatic carbocycles. The number of halogens is 2. The SMILES string of the molecule is C=CC(=O)Cc1cccnc1Nc1ncc2cc(-c3c(Cl)c(OC)cc(OC)c3Cl)c3nccn3c2n1. The van der Waals surface area contributed by atoms with Gasteiger partial charge < -0.3 is 14.8 Å². The molecule has 0 atom stereocenters. The number of fused-ring (bicyclic) bond motifs is 3. The van der Waals surface area contributed by atoms with Gasteiger partial charge in [0.25, 0.3) is 0 Å². The number of ketones is 1. The van der Waals surface area contributed by atoms with Crippen molar-refractivity contribution in [3.63, 3.8) is 0 Å². The summed E-state index contributed by atoms with van der Waals surface area (Å²) in [5, 5.41) is 4.48. The van der Waals surface area contributed by atoms with Gasteiger partial charge in [-0.2, -0.15) is 4.98 Å². The molecule has 1 aromatic carbocycles. The molecule has 0 fully saturated rings. The molecule has 5 rings (SSSR count). The maximum atomic E-state index is 11.9. The Labute approximate surface area is 221 Å². The van der Waals surface area contributed by atoms with Crippen molar-refractivity contribution >= 4 is 57.4 Å². The number of methoxy groups -OCH3 is 2. The molecule has 37 heavy (non-hydrogen) atoms. The van der Waals surface area contributed by atoms with Crippen LogP contribution in [0.2, 0.25) is 10.0 Å². The van der Waals surface area contributed by atoms with Crippen LogP contribution in [0.1, 0.15) is 5.56 Å². The van der Waals surface area contributed by atoms with E-state index in [-0.39, 0.29) is 12.2 Å². The number of carbonyl (C=O) groups is 1. The Bertz CT molecular complexity index is 1660. The van der Waals surface area contributed by atoms with Crippen molar-refractivity contribution in [1.29, 1.82) is 0 Å². The van der Waals surface area contributed by atoms with Crippen molar-refractivity contribution < 1.29 is 14.3 Å². The minimum absolute atomic E-state index is 0.116. The van der Waals surface area contributed by atoms with E-state index in [9.17, 15) is 4.79 Å². The summed E-state index contributed by atoms with van der Waals surface area (Å²) in [6.07, 6.45) is 8.18. The van der Waals surface area contributed by atoms with Gasteiger partial charge in [0.15, 0.2) is 11.4 Å². The van der Waals surface area contributed by atoms with E-state index >= 15 is 0 Å². The van der Waals surface area contributed by atoms with Crippen LogP contribution in [0.5, 0.6) is 11.5 Å². The van der Waals surface area contributed by atoms with Crippen molar-refractivity contribution in [2.24, 2.45) is 0 Å². The molecule has 0 saturated carbocycles. The molecule has 9 nitrogen and oxygen atoms in total. The Hall–Kier alpha value is -4.21. The molecule has 5 aromatic rings.